The third kappa shape index (κ3) is 1.70. The van der Waals surface area contributed by atoms with E-state index in [1.54, 1.807) is 6.92 Å². The van der Waals surface area contributed by atoms with Crippen LogP contribution in [0.25, 0.3) is 0 Å². The van der Waals surface area contributed by atoms with Gasteiger partial charge in [-0.05, 0) is 12.5 Å². The van der Waals surface area contributed by atoms with Crippen molar-refractivity contribution in [2.45, 2.75) is 6.92 Å². The summed E-state index contributed by atoms with van der Waals surface area (Å²) in [6, 6.07) is 0. The Kier molecular flexibility index (Phi) is 2.11. The topological polar surface area (TPSA) is 42.9 Å². The minimum absolute atomic E-state index is 0.106. The number of carbonyl (C=O) groups is 1. The molecular weight excluding hydrogens is 140 g/mol. The van der Waals surface area contributed by atoms with E-state index < -0.39 is 0 Å². The summed E-state index contributed by atoms with van der Waals surface area (Å²) < 4.78 is 0. The van der Waals surface area contributed by atoms with Crippen LogP contribution in [0.2, 0.25) is 0 Å². The summed E-state index contributed by atoms with van der Waals surface area (Å²) in [5, 5.41) is 0. The number of hydrogen-bond acceptors (Lipinski definition) is 3. The molecule has 1 rings (SSSR count). The summed E-state index contributed by atoms with van der Waals surface area (Å²) >= 11 is 0. The molecule has 0 atom stereocenters. The largest absolute Gasteiger partial charge is 0.289 e. The van der Waals surface area contributed by atoms with Crippen LogP contribution >= 0.6 is 0 Å². The predicted molar refractivity (Wildman–Crippen MR) is 41.2 cm³/mol. The second-order valence-corrected chi connectivity index (χ2v) is 2.24. The number of hydrogen-bond donors (Lipinski definition) is 0. The van der Waals surface area contributed by atoms with Gasteiger partial charge in [0.25, 0.3) is 0 Å². The molecule has 3 heteroatoms. The van der Waals surface area contributed by atoms with E-state index in [-0.39, 0.29) is 5.78 Å². The SMILES string of the molecule is C=C(C)C(=O)c1cncnc1. The Morgan fingerprint density at radius 1 is 1.45 bits per heavy atom. The molecule has 1 aromatic heterocycles. The molecule has 0 spiro atoms. The van der Waals surface area contributed by atoms with E-state index in [1.807, 2.05) is 0 Å². The first-order valence-electron chi connectivity index (χ1n) is 3.17. The Bertz CT molecular complexity index is 279. The molecule has 0 aromatic carbocycles. The number of carbonyl (C=O) groups excluding carboxylic acids is 1. The van der Waals surface area contributed by atoms with Gasteiger partial charge < -0.3 is 0 Å². The normalized spacial score (nSPS) is 9.18. The fourth-order valence-corrected chi connectivity index (χ4v) is 0.663. The van der Waals surface area contributed by atoms with Crippen LogP contribution in [0.4, 0.5) is 0 Å². The zero-order valence-electron chi connectivity index (χ0n) is 6.24. The zero-order valence-corrected chi connectivity index (χ0v) is 6.24. The third-order valence-electron chi connectivity index (χ3n) is 1.21. The highest BCUT2D eigenvalue weighted by Gasteiger charge is 2.04. The van der Waals surface area contributed by atoms with Crippen LogP contribution in [-0.2, 0) is 0 Å². The van der Waals surface area contributed by atoms with E-state index >= 15 is 0 Å². The van der Waals surface area contributed by atoms with E-state index in [9.17, 15) is 4.79 Å². The molecule has 0 N–H and O–H groups in total. The van der Waals surface area contributed by atoms with Crippen molar-refractivity contribution in [3.8, 4) is 0 Å². The van der Waals surface area contributed by atoms with E-state index in [0.29, 0.717) is 11.1 Å². The third-order valence-corrected chi connectivity index (χ3v) is 1.21. The van der Waals surface area contributed by atoms with Gasteiger partial charge in [-0.3, -0.25) is 4.79 Å². The monoisotopic (exact) mass is 148 g/mol. The number of rotatable bonds is 2. The second kappa shape index (κ2) is 3.05. The smallest absolute Gasteiger partial charge is 0.191 e. The lowest BCUT2D eigenvalue weighted by Crippen LogP contribution is -2.00. The number of allylic oxidation sites excluding steroid dienone is 1. The highest BCUT2D eigenvalue weighted by atomic mass is 16.1. The Labute approximate surface area is 64.8 Å². The minimum atomic E-state index is -0.106. The molecule has 0 unspecified atom stereocenters. The first kappa shape index (κ1) is 7.60. The molecule has 0 saturated heterocycles. The standard InChI is InChI=1S/C8H8N2O/c1-6(2)8(11)7-3-9-5-10-4-7/h3-5H,1H2,2H3. The second-order valence-electron chi connectivity index (χ2n) is 2.24. The van der Waals surface area contributed by atoms with E-state index in [2.05, 4.69) is 16.5 Å². The molecule has 1 heterocycles. The summed E-state index contributed by atoms with van der Waals surface area (Å²) in [4.78, 5) is 18.6. The first-order valence-corrected chi connectivity index (χ1v) is 3.17. The van der Waals surface area contributed by atoms with Gasteiger partial charge in [0.15, 0.2) is 5.78 Å². The summed E-state index contributed by atoms with van der Waals surface area (Å²) in [5.41, 5.74) is 0.986. The highest BCUT2D eigenvalue weighted by molar-refractivity contribution is 6.07. The maximum absolute atomic E-state index is 11.2. The maximum Gasteiger partial charge on any atom is 0.191 e. The van der Waals surface area contributed by atoms with Gasteiger partial charge in [0.1, 0.15) is 6.33 Å². The van der Waals surface area contributed by atoms with Crippen molar-refractivity contribution in [2.24, 2.45) is 0 Å². The molecule has 0 aliphatic rings. The number of Topliss-reactive ketones (excluding diaryl/α,β-unsaturated/α-hetero) is 1. The van der Waals surface area contributed by atoms with Gasteiger partial charge in [-0.15, -0.1) is 0 Å². The molecular formula is C8H8N2O. The fourth-order valence-electron chi connectivity index (χ4n) is 0.663. The average molecular weight is 148 g/mol. The van der Waals surface area contributed by atoms with Gasteiger partial charge in [0, 0.05) is 12.4 Å². The molecule has 0 aliphatic carbocycles. The number of aromatic nitrogens is 2. The molecule has 0 radical (unpaired) electrons. The van der Waals surface area contributed by atoms with Crippen molar-refractivity contribution in [1.29, 1.82) is 0 Å². The van der Waals surface area contributed by atoms with Crippen LogP contribution in [0.15, 0.2) is 30.9 Å². The van der Waals surface area contributed by atoms with Crippen LogP contribution in [-0.4, -0.2) is 15.8 Å². The summed E-state index contributed by atoms with van der Waals surface area (Å²) in [6.07, 6.45) is 4.34. The number of ketones is 1. The lowest BCUT2D eigenvalue weighted by Gasteiger charge is -1.95. The number of nitrogens with zero attached hydrogens (tertiary/aromatic N) is 2. The Morgan fingerprint density at radius 2 is 2.00 bits per heavy atom. The zero-order chi connectivity index (χ0) is 8.27. The van der Waals surface area contributed by atoms with Gasteiger partial charge in [0.05, 0.1) is 5.56 Å². The predicted octanol–water partition coefficient (Wildman–Crippen LogP) is 1.24. The van der Waals surface area contributed by atoms with Crippen molar-refractivity contribution in [3.63, 3.8) is 0 Å². The summed E-state index contributed by atoms with van der Waals surface area (Å²) in [6.45, 7) is 5.19. The van der Waals surface area contributed by atoms with E-state index in [0.717, 1.165) is 0 Å². The van der Waals surface area contributed by atoms with E-state index in [1.165, 1.54) is 18.7 Å². The molecule has 0 fully saturated rings. The Morgan fingerprint density at radius 3 is 2.45 bits per heavy atom. The van der Waals surface area contributed by atoms with Crippen molar-refractivity contribution < 1.29 is 4.79 Å². The highest BCUT2D eigenvalue weighted by Crippen LogP contribution is 2.01. The minimum Gasteiger partial charge on any atom is -0.289 e. The van der Waals surface area contributed by atoms with Gasteiger partial charge in [0.2, 0.25) is 0 Å². The molecule has 11 heavy (non-hydrogen) atoms. The molecule has 0 amide bonds. The fraction of sp³-hybridized carbons (Fsp3) is 0.125. The van der Waals surface area contributed by atoms with Crippen molar-refractivity contribution in [2.75, 3.05) is 0 Å². The van der Waals surface area contributed by atoms with Gasteiger partial charge in [-0.25, -0.2) is 9.97 Å². The molecule has 3 nitrogen and oxygen atoms in total. The summed E-state index contributed by atoms with van der Waals surface area (Å²) in [5.74, 6) is -0.106. The van der Waals surface area contributed by atoms with Crippen molar-refractivity contribution >= 4 is 5.78 Å². The molecule has 56 valence electrons. The Balaban J connectivity index is 2.95. The maximum atomic E-state index is 11.2. The lowest BCUT2D eigenvalue weighted by molar-refractivity contribution is 0.103. The van der Waals surface area contributed by atoms with Crippen LogP contribution < -0.4 is 0 Å². The van der Waals surface area contributed by atoms with Gasteiger partial charge >= 0.3 is 0 Å². The van der Waals surface area contributed by atoms with E-state index in [4.69, 9.17) is 0 Å². The van der Waals surface area contributed by atoms with Gasteiger partial charge in [-0.2, -0.15) is 0 Å². The molecule has 0 aliphatic heterocycles. The summed E-state index contributed by atoms with van der Waals surface area (Å²) in [7, 11) is 0. The van der Waals surface area contributed by atoms with Crippen LogP contribution in [0, 0.1) is 0 Å². The van der Waals surface area contributed by atoms with Crippen molar-refractivity contribution in [1.82, 2.24) is 9.97 Å². The average Bonchev–Trinajstić information content (AvgIpc) is 2.05. The van der Waals surface area contributed by atoms with Crippen LogP contribution in [0.3, 0.4) is 0 Å². The van der Waals surface area contributed by atoms with Crippen LogP contribution in [0.5, 0.6) is 0 Å². The van der Waals surface area contributed by atoms with Crippen LogP contribution in [0.1, 0.15) is 17.3 Å². The van der Waals surface area contributed by atoms with Crippen molar-refractivity contribution in [3.05, 3.63) is 36.4 Å². The quantitative estimate of drug-likeness (QED) is 0.468. The van der Waals surface area contributed by atoms with Gasteiger partial charge in [-0.1, -0.05) is 6.58 Å². The lowest BCUT2D eigenvalue weighted by atomic mass is 10.1. The molecule has 0 bridgehead atoms. The Hall–Kier alpha value is -1.51. The first-order chi connectivity index (χ1) is 5.22. The molecule has 0 saturated carbocycles. The molecule has 1 aromatic rings.